The van der Waals surface area contributed by atoms with Gasteiger partial charge in [0.15, 0.2) is 0 Å². The lowest BCUT2D eigenvalue weighted by molar-refractivity contribution is -0.122. The van der Waals surface area contributed by atoms with Gasteiger partial charge in [0, 0.05) is 19.0 Å². The summed E-state index contributed by atoms with van der Waals surface area (Å²) in [4.78, 5) is 11.8. The molecule has 2 rings (SSSR count). The zero-order valence-electron chi connectivity index (χ0n) is 11.4. The SMILES string of the molecule is CC1CCC(CC(=O)NCC(N)C2CC2)CC1.Cl. The second-order valence-corrected chi connectivity index (χ2v) is 6.14. The van der Waals surface area contributed by atoms with Crippen molar-refractivity contribution >= 4 is 18.3 Å². The van der Waals surface area contributed by atoms with E-state index < -0.39 is 0 Å². The van der Waals surface area contributed by atoms with Crippen LogP contribution in [0.25, 0.3) is 0 Å². The lowest BCUT2D eigenvalue weighted by Gasteiger charge is -2.25. The molecule has 1 unspecified atom stereocenters. The van der Waals surface area contributed by atoms with E-state index >= 15 is 0 Å². The summed E-state index contributed by atoms with van der Waals surface area (Å²) >= 11 is 0. The first-order valence-electron chi connectivity index (χ1n) is 7.17. The summed E-state index contributed by atoms with van der Waals surface area (Å²) in [7, 11) is 0. The monoisotopic (exact) mass is 274 g/mol. The predicted octanol–water partition coefficient (Wildman–Crippen LogP) is 2.48. The largest absolute Gasteiger partial charge is 0.355 e. The van der Waals surface area contributed by atoms with Gasteiger partial charge in [-0.15, -0.1) is 12.4 Å². The van der Waals surface area contributed by atoms with Gasteiger partial charge in [-0.2, -0.15) is 0 Å². The fourth-order valence-corrected chi connectivity index (χ4v) is 2.79. The van der Waals surface area contributed by atoms with Crippen molar-refractivity contribution in [1.29, 1.82) is 0 Å². The van der Waals surface area contributed by atoms with Gasteiger partial charge in [0.1, 0.15) is 0 Å². The van der Waals surface area contributed by atoms with Gasteiger partial charge >= 0.3 is 0 Å². The molecule has 0 heterocycles. The standard InChI is InChI=1S/C14H26N2O.ClH/c1-10-2-4-11(5-3-10)8-14(17)16-9-13(15)12-6-7-12;/h10-13H,2-9,15H2,1H3,(H,16,17);1H. The van der Waals surface area contributed by atoms with Crippen LogP contribution in [0.3, 0.4) is 0 Å². The van der Waals surface area contributed by atoms with Gasteiger partial charge in [-0.05, 0) is 43.4 Å². The molecule has 2 saturated carbocycles. The highest BCUT2D eigenvalue weighted by Crippen LogP contribution is 2.31. The minimum atomic E-state index is 0. The molecule has 4 heteroatoms. The maximum Gasteiger partial charge on any atom is 0.220 e. The molecule has 0 bridgehead atoms. The van der Waals surface area contributed by atoms with E-state index in [-0.39, 0.29) is 24.4 Å². The van der Waals surface area contributed by atoms with Crippen LogP contribution in [0.2, 0.25) is 0 Å². The number of rotatable bonds is 5. The van der Waals surface area contributed by atoms with Crippen molar-refractivity contribution in [3.63, 3.8) is 0 Å². The van der Waals surface area contributed by atoms with Crippen molar-refractivity contribution in [3.8, 4) is 0 Å². The molecule has 18 heavy (non-hydrogen) atoms. The van der Waals surface area contributed by atoms with Gasteiger partial charge in [0.05, 0.1) is 0 Å². The Morgan fingerprint density at radius 2 is 1.83 bits per heavy atom. The quantitative estimate of drug-likeness (QED) is 0.809. The summed E-state index contributed by atoms with van der Waals surface area (Å²) in [6, 6.07) is 0.185. The van der Waals surface area contributed by atoms with Gasteiger partial charge in [-0.1, -0.05) is 19.8 Å². The number of halogens is 1. The Balaban J connectivity index is 0.00000162. The molecular weight excluding hydrogens is 248 g/mol. The molecule has 0 aromatic rings. The molecule has 0 spiro atoms. The highest BCUT2D eigenvalue weighted by Gasteiger charge is 2.28. The second-order valence-electron chi connectivity index (χ2n) is 6.14. The normalized spacial score (nSPS) is 29.2. The molecule has 3 N–H and O–H groups in total. The Bertz CT molecular complexity index is 261. The molecule has 0 saturated heterocycles. The zero-order chi connectivity index (χ0) is 12.3. The van der Waals surface area contributed by atoms with E-state index in [4.69, 9.17) is 5.73 Å². The molecule has 1 atom stereocenters. The minimum absolute atomic E-state index is 0. The number of amides is 1. The fourth-order valence-electron chi connectivity index (χ4n) is 2.79. The fraction of sp³-hybridized carbons (Fsp3) is 0.929. The van der Waals surface area contributed by atoms with Crippen LogP contribution in [-0.4, -0.2) is 18.5 Å². The summed E-state index contributed by atoms with van der Waals surface area (Å²) in [6.07, 6.45) is 8.24. The molecule has 0 radical (unpaired) electrons. The maximum absolute atomic E-state index is 11.8. The van der Waals surface area contributed by atoms with Crippen LogP contribution in [0.4, 0.5) is 0 Å². The minimum Gasteiger partial charge on any atom is -0.355 e. The van der Waals surface area contributed by atoms with E-state index in [1.165, 1.54) is 38.5 Å². The van der Waals surface area contributed by atoms with Gasteiger partial charge in [0.25, 0.3) is 0 Å². The number of carbonyl (C=O) groups is 1. The summed E-state index contributed by atoms with van der Waals surface area (Å²) in [6.45, 7) is 2.98. The molecule has 106 valence electrons. The smallest absolute Gasteiger partial charge is 0.220 e. The first-order chi connectivity index (χ1) is 8.15. The van der Waals surface area contributed by atoms with E-state index in [2.05, 4.69) is 12.2 Å². The van der Waals surface area contributed by atoms with Gasteiger partial charge in [0.2, 0.25) is 5.91 Å². The van der Waals surface area contributed by atoms with Crippen LogP contribution in [0.1, 0.15) is 51.9 Å². The van der Waals surface area contributed by atoms with Crippen LogP contribution in [-0.2, 0) is 4.79 Å². The Kier molecular flexibility index (Phi) is 6.44. The molecular formula is C14H27ClN2O. The molecule has 1 amide bonds. The molecule has 0 aromatic carbocycles. The van der Waals surface area contributed by atoms with Crippen molar-refractivity contribution < 1.29 is 4.79 Å². The topological polar surface area (TPSA) is 55.1 Å². The van der Waals surface area contributed by atoms with Crippen LogP contribution in [0.15, 0.2) is 0 Å². The summed E-state index contributed by atoms with van der Waals surface area (Å²) < 4.78 is 0. The number of hydrogen-bond donors (Lipinski definition) is 2. The average Bonchev–Trinajstić information content (AvgIpc) is 3.13. The van der Waals surface area contributed by atoms with Crippen LogP contribution < -0.4 is 11.1 Å². The van der Waals surface area contributed by atoms with E-state index in [1.54, 1.807) is 0 Å². The highest BCUT2D eigenvalue weighted by molar-refractivity contribution is 5.85. The van der Waals surface area contributed by atoms with Crippen molar-refractivity contribution in [2.24, 2.45) is 23.5 Å². The Morgan fingerprint density at radius 1 is 1.22 bits per heavy atom. The summed E-state index contributed by atoms with van der Waals surface area (Å²) in [5, 5.41) is 3.00. The summed E-state index contributed by atoms with van der Waals surface area (Å²) in [5.41, 5.74) is 5.96. The zero-order valence-corrected chi connectivity index (χ0v) is 12.2. The van der Waals surface area contributed by atoms with Crippen LogP contribution in [0, 0.1) is 17.8 Å². The van der Waals surface area contributed by atoms with Crippen LogP contribution in [0.5, 0.6) is 0 Å². The van der Waals surface area contributed by atoms with E-state index in [9.17, 15) is 4.79 Å². The number of hydrogen-bond acceptors (Lipinski definition) is 2. The Morgan fingerprint density at radius 3 is 2.39 bits per heavy atom. The highest BCUT2D eigenvalue weighted by atomic mass is 35.5. The molecule has 3 nitrogen and oxygen atoms in total. The van der Waals surface area contributed by atoms with Crippen molar-refractivity contribution in [2.45, 2.75) is 57.9 Å². The molecule has 2 aliphatic rings. The molecule has 2 fully saturated rings. The van der Waals surface area contributed by atoms with Gasteiger partial charge in [-0.3, -0.25) is 4.79 Å². The van der Waals surface area contributed by atoms with E-state index in [0.717, 1.165) is 5.92 Å². The number of nitrogens with two attached hydrogens (primary N) is 1. The van der Waals surface area contributed by atoms with Crippen molar-refractivity contribution in [3.05, 3.63) is 0 Å². The van der Waals surface area contributed by atoms with Crippen molar-refractivity contribution in [2.75, 3.05) is 6.54 Å². The lowest BCUT2D eigenvalue weighted by atomic mass is 9.81. The Labute approximate surface area is 117 Å². The predicted molar refractivity (Wildman–Crippen MR) is 76.7 cm³/mol. The molecule has 0 aliphatic heterocycles. The van der Waals surface area contributed by atoms with E-state index in [0.29, 0.717) is 24.8 Å². The van der Waals surface area contributed by atoms with E-state index in [1.807, 2.05) is 0 Å². The third-order valence-electron chi connectivity index (χ3n) is 4.37. The van der Waals surface area contributed by atoms with Crippen LogP contribution >= 0.6 is 12.4 Å². The number of nitrogens with one attached hydrogen (secondary N) is 1. The van der Waals surface area contributed by atoms with Gasteiger partial charge in [-0.25, -0.2) is 0 Å². The Hall–Kier alpha value is -0.280. The molecule has 2 aliphatic carbocycles. The number of carbonyl (C=O) groups excluding carboxylic acids is 1. The third-order valence-corrected chi connectivity index (χ3v) is 4.37. The lowest BCUT2D eigenvalue weighted by Crippen LogP contribution is -2.39. The first kappa shape index (κ1) is 15.8. The molecule has 0 aromatic heterocycles. The average molecular weight is 275 g/mol. The van der Waals surface area contributed by atoms with Gasteiger partial charge < -0.3 is 11.1 Å². The maximum atomic E-state index is 11.8. The first-order valence-corrected chi connectivity index (χ1v) is 7.17. The second kappa shape index (κ2) is 7.34. The van der Waals surface area contributed by atoms with Crippen molar-refractivity contribution in [1.82, 2.24) is 5.32 Å². The summed E-state index contributed by atoms with van der Waals surface area (Å²) in [5.74, 6) is 2.35. The third kappa shape index (κ3) is 5.15.